The third-order valence-electron chi connectivity index (χ3n) is 3.57. The molecule has 3 heteroatoms. The van der Waals surface area contributed by atoms with Gasteiger partial charge in [0.25, 0.3) is 0 Å². The van der Waals surface area contributed by atoms with Gasteiger partial charge >= 0.3 is 0 Å². The largest absolute Gasteiger partial charge is 0.495 e. The van der Waals surface area contributed by atoms with E-state index < -0.39 is 0 Å². The van der Waals surface area contributed by atoms with Crippen LogP contribution in [0.15, 0.2) is 48.7 Å². The van der Waals surface area contributed by atoms with Gasteiger partial charge in [-0.05, 0) is 48.2 Å². The zero-order valence-electron chi connectivity index (χ0n) is 11.8. The Morgan fingerprint density at radius 3 is 2.70 bits per heavy atom. The van der Waals surface area contributed by atoms with E-state index in [0.717, 1.165) is 12.3 Å². The van der Waals surface area contributed by atoms with Gasteiger partial charge in [-0.2, -0.15) is 0 Å². The van der Waals surface area contributed by atoms with Crippen molar-refractivity contribution in [1.29, 1.82) is 0 Å². The number of ether oxygens (including phenoxy) is 1. The van der Waals surface area contributed by atoms with Crippen molar-refractivity contribution in [3.8, 4) is 5.75 Å². The lowest BCUT2D eigenvalue weighted by Crippen LogP contribution is -2.00. The SMILES string of the molecule is COc1ccc(Cn2ccc3cc(C)ccc32)cc1N. The number of anilines is 1. The van der Waals surface area contributed by atoms with Crippen LogP contribution in [0.25, 0.3) is 10.9 Å². The average Bonchev–Trinajstić information content (AvgIpc) is 2.81. The van der Waals surface area contributed by atoms with Crippen molar-refractivity contribution >= 4 is 16.6 Å². The Balaban J connectivity index is 1.95. The van der Waals surface area contributed by atoms with Gasteiger partial charge in [0.2, 0.25) is 0 Å². The van der Waals surface area contributed by atoms with Crippen LogP contribution in [0.3, 0.4) is 0 Å². The van der Waals surface area contributed by atoms with Crippen molar-refractivity contribution in [2.45, 2.75) is 13.5 Å². The maximum atomic E-state index is 5.96. The molecule has 0 amide bonds. The molecule has 0 aliphatic heterocycles. The third-order valence-corrected chi connectivity index (χ3v) is 3.57. The molecule has 3 rings (SSSR count). The molecule has 3 aromatic rings. The number of aryl methyl sites for hydroxylation is 1. The van der Waals surface area contributed by atoms with Gasteiger partial charge in [-0.25, -0.2) is 0 Å². The summed E-state index contributed by atoms with van der Waals surface area (Å²) in [5.74, 6) is 0.724. The molecule has 0 radical (unpaired) electrons. The van der Waals surface area contributed by atoms with Crippen LogP contribution in [0.1, 0.15) is 11.1 Å². The molecule has 20 heavy (non-hydrogen) atoms. The predicted octanol–water partition coefficient (Wildman–Crippen LogP) is 3.59. The topological polar surface area (TPSA) is 40.2 Å². The number of methoxy groups -OCH3 is 1. The van der Waals surface area contributed by atoms with Crippen molar-refractivity contribution in [3.05, 3.63) is 59.8 Å². The summed E-state index contributed by atoms with van der Waals surface area (Å²) in [5, 5.41) is 1.27. The summed E-state index contributed by atoms with van der Waals surface area (Å²) in [7, 11) is 1.63. The number of fused-ring (bicyclic) bond motifs is 1. The third kappa shape index (κ3) is 2.23. The lowest BCUT2D eigenvalue weighted by atomic mass is 10.1. The van der Waals surface area contributed by atoms with E-state index in [0.29, 0.717) is 5.69 Å². The summed E-state index contributed by atoms with van der Waals surface area (Å²) < 4.78 is 7.42. The van der Waals surface area contributed by atoms with Crippen LogP contribution >= 0.6 is 0 Å². The molecule has 2 aromatic carbocycles. The summed E-state index contributed by atoms with van der Waals surface area (Å²) in [4.78, 5) is 0. The second-order valence-corrected chi connectivity index (χ2v) is 5.08. The number of benzene rings is 2. The Bertz CT molecular complexity index is 759. The summed E-state index contributed by atoms with van der Waals surface area (Å²) in [6.07, 6.45) is 2.12. The number of hydrogen-bond donors (Lipinski definition) is 1. The van der Waals surface area contributed by atoms with E-state index in [2.05, 4.69) is 48.0 Å². The fourth-order valence-corrected chi connectivity index (χ4v) is 2.54. The van der Waals surface area contributed by atoms with Crippen molar-refractivity contribution in [3.63, 3.8) is 0 Å². The standard InChI is InChI=1S/C17H18N2O/c1-12-3-5-16-14(9-12)7-8-19(16)11-13-4-6-17(20-2)15(18)10-13/h3-10H,11,18H2,1-2H3. The average molecular weight is 266 g/mol. The Labute approximate surface area is 118 Å². The first-order valence-corrected chi connectivity index (χ1v) is 6.65. The Kier molecular flexibility index (Phi) is 3.11. The quantitative estimate of drug-likeness (QED) is 0.736. The number of aromatic nitrogens is 1. The maximum absolute atomic E-state index is 5.96. The van der Waals surface area contributed by atoms with E-state index in [4.69, 9.17) is 10.5 Å². The molecular weight excluding hydrogens is 248 g/mol. The highest BCUT2D eigenvalue weighted by molar-refractivity contribution is 5.81. The zero-order chi connectivity index (χ0) is 14.1. The van der Waals surface area contributed by atoms with Crippen LogP contribution in [0, 0.1) is 6.92 Å². The number of rotatable bonds is 3. The molecule has 0 atom stereocenters. The first-order valence-electron chi connectivity index (χ1n) is 6.65. The van der Waals surface area contributed by atoms with Gasteiger partial charge in [0, 0.05) is 18.3 Å². The molecular formula is C17H18N2O. The number of nitrogens with two attached hydrogens (primary N) is 1. The highest BCUT2D eigenvalue weighted by Crippen LogP contribution is 2.24. The monoisotopic (exact) mass is 266 g/mol. The first kappa shape index (κ1) is 12.6. The number of nitrogens with zero attached hydrogens (tertiary/aromatic N) is 1. The number of hydrogen-bond acceptors (Lipinski definition) is 2. The number of nitrogen functional groups attached to an aromatic ring is 1. The zero-order valence-corrected chi connectivity index (χ0v) is 11.8. The molecule has 0 unspecified atom stereocenters. The van der Waals surface area contributed by atoms with Crippen LogP contribution in [0.5, 0.6) is 5.75 Å². The molecule has 1 heterocycles. The van der Waals surface area contributed by atoms with Crippen LogP contribution in [-0.2, 0) is 6.54 Å². The molecule has 1 aromatic heterocycles. The second kappa shape index (κ2) is 4.93. The first-order chi connectivity index (χ1) is 9.67. The molecule has 3 nitrogen and oxygen atoms in total. The minimum Gasteiger partial charge on any atom is -0.495 e. The molecule has 102 valence electrons. The van der Waals surface area contributed by atoms with E-state index in [9.17, 15) is 0 Å². The lowest BCUT2D eigenvalue weighted by Gasteiger charge is -2.09. The van der Waals surface area contributed by atoms with Crippen LogP contribution in [0.4, 0.5) is 5.69 Å². The van der Waals surface area contributed by atoms with Crippen molar-refractivity contribution < 1.29 is 4.74 Å². The van der Waals surface area contributed by atoms with Gasteiger partial charge in [-0.3, -0.25) is 0 Å². The minimum absolute atomic E-state index is 0.678. The molecule has 2 N–H and O–H groups in total. The molecule has 0 aliphatic carbocycles. The fourth-order valence-electron chi connectivity index (χ4n) is 2.54. The summed E-state index contributed by atoms with van der Waals surface area (Å²) in [6.45, 7) is 2.92. The molecule has 0 saturated heterocycles. The van der Waals surface area contributed by atoms with Gasteiger partial charge in [-0.1, -0.05) is 17.7 Å². The summed E-state index contributed by atoms with van der Waals surface area (Å²) in [6, 6.07) is 14.6. The minimum atomic E-state index is 0.678. The normalized spacial score (nSPS) is 10.9. The van der Waals surface area contributed by atoms with Crippen molar-refractivity contribution in [1.82, 2.24) is 4.57 Å². The van der Waals surface area contributed by atoms with Gasteiger partial charge in [0.15, 0.2) is 0 Å². The van der Waals surface area contributed by atoms with Crippen molar-refractivity contribution in [2.75, 3.05) is 12.8 Å². The molecule has 0 fully saturated rings. The molecule has 0 bridgehead atoms. The Morgan fingerprint density at radius 1 is 1.10 bits per heavy atom. The van der Waals surface area contributed by atoms with Crippen molar-refractivity contribution in [2.24, 2.45) is 0 Å². The van der Waals surface area contributed by atoms with Gasteiger partial charge in [-0.15, -0.1) is 0 Å². The molecule has 0 spiro atoms. The second-order valence-electron chi connectivity index (χ2n) is 5.08. The van der Waals surface area contributed by atoms with Gasteiger partial charge < -0.3 is 15.0 Å². The highest BCUT2D eigenvalue weighted by atomic mass is 16.5. The Morgan fingerprint density at radius 2 is 1.95 bits per heavy atom. The van der Waals surface area contributed by atoms with Gasteiger partial charge in [0.05, 0.1) is 12.8 Å². The fraction of sp³-hybridized carbons (Fsp3) is 0.176. The van der Waals surface area contributed by atoms with Crippen LogP contribution in [0.2, 0.25) is 0 Å². The smallest absolute Gasteiger partial charge is 0.141 e. The lowest BCUT2D eigenvalue weighted by molar-refractivity contribution is 0.417. The molecule has 0 aliphatic rings. The maximum Gasteiger partial charge on any atom is 0.141 e. The van der Waals surface area contributed by atoms with E-state index in [1.807, 2.05) is 12.1 Å². The molecule has 0 saturated carbocycles. The predicted molar refractivity (Wildman–Crippen MR) is 83.2 cm³/mol. The van der Waals surface area contributed by atoms with E-state index >= 15 is 0 Å². The van der Waals surface area contributed by atoms with E-state index in [-0.39, 0.29) is 0 Å². The van der Waals surface area contributed by atoms with Crippen LogP contribution in [-0.4, -0.2) is 11.7 Å². The van der Waals surface area contributed by atoms with Gasteiger partial charge in [0.1, 0.15) is 5.75 Å². The van der Waals surface area contributed by atoms with E-state index in [1.54, 1.807) is 7.11 Å². The summed E-state index contributed by atoms with van der Waals surface area (Å²) >= 11 is 0. The Hall–Kier alpha value is -2.42. The highest BCUT2D eigenvalue weighted by Gasteiger charge is 2.04. The van der Waals surface area contributed by atoms with Crippen LogP contribution < -0.4 is 10.5 Å². The summed E-state index contributed by atoms with van der Waals surface area (Å²) in [5.41, 5.74) is 10.3. The van der Waals surface area contributed by atoms with E-state index in [1.165, 1.54) is 22.0 Å².